The number of benzene rings is 2. The molecule has 4 nitrogen and oxygen atoms in total. The van der Waals surface area contributed by atoms with Gasteiger partial charge in [0.05, 0.1) is 11.6 Å². The number of anilines is 1. The first kappa shape index (κ1) is 17.7. The number of aryl methyl sites for hydroxylation is 2. The van der Waals surface area contributed by atoms with Gasteiger partial charge in [0, 0.05) is 17.8 Å². The van der Waals surface area contributed by atoms with Crippen molar-refractivity contribution in [3.63, 3.8) is 0 Å². The molecule has 4 heteroatoms. The Morgan fingerprint density at radius 1 is 1.07 bits per heavy atom. The van der Waals surface area contributed by atoms with Crippen LogP contribution in [0, 0.1) is 19.8 Å². The number of fused-ring (bicyclic) bond motifs is 1. The van der Waals surface area contributed by atoms with Crippen molar-refractivity contribution in [2.45, 2.75) is 45.6 Å². The third kappa shape index (κ3) is 3.20. The number of hydrogen-bond donors (Lipinski definition) is 0. The van der Waals surface area contributed by atoms with Crippen LogP contribution in [0.2, 0.25) is 0 Å². The third-order valence-electron chi connectivity index (χ3n) is 5.74. The zero-order valence-electron chi connectivity index (χ0n) is 16.0. The molecule has 2 atom stereocenters. The van der Waals surface area contributed by atoms with E-state index in [2.05, 4.69) is 11.9 Å². The van der Waals surface area contributed by atoms with Gasteiger partial charge >= 0.3 is 0 Å². The highest BCUT2D eigenvalue weighted by Crippen LogP contribution is 2.35. The highest BCUT2D eigenvalue weighted by Gasteiger charge is 2.39. The van der Waals surface area contributed by atoms with E-state index in [0.717, 1.165) is 16.7 Å². The van der Waals surface area contributed by atoms with Gasteiger partial charge in [0.25, 0.3) is 5.91 Å². The zero-order valence-corrected chi connectivity index (χ0v) is 16.0. The van der Waals surface area contributed by atoms with Gasteiger partial charge in [0.15, 0.2) is 0 Å². The molecule has 1 saturated carbocycles. The summed E-state index contributed by atoms with van der Waals surface area (Å²) < 4.78 is 0. The minimum atomic E-state index is -0.526. The Kier molecular flexibility index (Phi) is 4.42. The molecule has 2 amide bonds. The van der Waals surface area contributed by atoms with E-state index in [-0.39, 0.29) is 17.9 Å². The Hall–Kier alpha value is -2.75. The highest BCUT2D eigenvalue weighted by molar-refractivity contribution is 6.29. The van der Waals surface area contributed by atoms with Crippen molar-refractivity contribution in [3.8, 4) is 0 Å². The number of imide groups is 1. The summed E-state index contributed by atoms with van der Waals surface area (Å²) in [5.41, 5.74) is 4.13. The minimum absolute atomic E-state index is 0.220. The molecule has 27 heavy (non-hydrogen) atoms. The van der Waals surface area contributed by atoms with E-state index in [1.165, 1.54) is 17.7 Å². The van der Waals surface area contributed by atoms with Gasteiger partial charge in [-0.1, -0.05) is 24.3 Å². The van der Waals surface area contributed by atoms with Crippen LogP contribution in [0.25, 0.3) is 0 Å². The Labute approximate surface area is 159 Å². The fourth-order valence-electron chi connectivity index (χ4n) is 3.63. The van der Waals surface area contributed by atoms with Crippen LogP contribution in [0.4, 0.5) is 5.69 Å². The molecule has 0 N–H and O–H groups in total. The molecule has 0 radical (unpaired) electrons. The molecular weight excluding hydrogens is 336 g/mol. The molecule has 4 rings (SSSR count). The van der Waals surface area contributed by atoms with E-state index >= 15 is 0 Å². The summed E-state index contributed by atoms with van der Waals surface area (Å²) in [5, 5.41) is 0. The SMILES string of the molecule is Cc1ccc(N2C(=O)c3ccccc3[C@@H](C=N[C@H](C)C3CC3)C2=O)cc1C. The first-order valence-corrected chi connectivity index (χ1v) is 9.55. The van der Waals surface area contributed by atoms with Crippen LogP contribution in [-0.4, -0.2) is 24.1 Å². The maximum Gasteiger partial charge on any atom is 0.265 e. The first-order valence-electron chi connectivity index (χ1n) is 9.55. The third-order valence-corrected chi connectivity index (χ3v) is 5.74. The second kappa shape index (κ2) is 6.76. The molecule has 1 aliphatic carbocycles. The Morgan fingerprint density at radius 3 is 2.52 bits per heavy atom. The normalized spacial score (nSPS) is 20.9. The summed E-state index contributed by atoms with van der Waals surface area (Å²) in [4.78, 5) is 32.4. The molecule has 2 aromatic carbocycles. The Morgan fingerprint density at radius 2 is 1.81 bits per heavy atom. The molecule has 1 heterocycles. The number of amides is 2. The maximum atomic E-state index is 13.3. The van der Waals surface area contributed by atoms with Gasteiger partial charge in [0.1, 0.15) is 0 Å². The maximum absolute atomic E-state index is 13.3. The van der Waals surface area contributed by atoms with Crippen molar-refractivity contribution in [3.05, 3.63) is 64.7 Å². The predicted molar refractivity (Wildman–Crippen MR) is 108 cm³/mol. The van der Waals surface area contributed by atoms with Crippen molar-refractivity contribution >= 4 is 23.7 Å². The van der Waals surface area contributed by atoms with Crippen LogP contribution in [0.15, 0.2) is 47.5 Å². The van der Waals surface area contributed by atoms with Gasteiger partial charge in [-0.3, -0.25) is 14.6 Å². The molecule has 0 unspecified atom stereocenters. The summed E-state index contributed by atoms with van der Waals surface area (Å²) in [5.74, 6) is -0.387. The average molecular weight is 360 g/mol. The number of aliphatic imine (C=N–C) groups is 1. The van der Waals surface area contributed by atoms with Crippen molar-refractivity contribution in [1.29, 1.82) is 0 Å². The van der Waals surface area contributed by atoms with Gasteiger partial charge < -0.3 is 0 Å². The number of hydrogen-bond acceptors (Lipinski definition) is 3. The lowest BCUT2D eigenvalue weighted by Crippen LogP contribution is -2.45. The highest BCUT2D eigenvalue weighted by atomic mass is 16.2. The molecular formula is C23H24N2O2. The van der Waals surface area contributed by atoms with Gasteiger partial charge in [-0.05, 0) is 74.4 Å². The van der Waals surface area contributed by atoms with E-state index in [1.54, 1.807) is 12.3 Å². The summed E-state index contributed by atoms with van der Waals surface area (Å²) >= 11 is 0. The van der Waals surface area contributed by atoms with Crippen LogP contribution in [0.1, 0.15) is 52.7 Å². The predicted octanol–water partition coefficient (Wildman–Crippen LogP) is 4.44. The molecule has 138 valence electrons. The molecule has 0 aromatic heterocycles. The fourth-order valence-corrected chi connectivity index (χ4v) is 3.63. The van der Waals surface area contributed by atoms with Gasteiger partial charge in [-0.2, -0.15) is 0 Å². The standard InChI is InChI=1S/C23H24N2O2/c1-14-8-11-18(12-15(14)2)25-22(26)20-7-5-4-6-19(20)21(23(25)27)13-24-16(3)17-9-10-17/h4-8,11-13,16-17,21H,9-10H2,1-3H3/t16-,21-/m1/s1. The van der Waals surface area contributed by atoms with Crippen molar-refractivity contribution in [1.82, 2.24) is 0 Å². The summed E-state index contributed by atoms with van der Waals surface area (Å²) in [6.45, 7) is 6.10. The molecule has 0 saturated heterocycles. The van der Waals surface area contributed by atoms with Crippen LogP contribution >= 0.6 is 0 Å². The average Bonchev–Trinajstić information content (AvgIpc) is 3.50. The van der Waals surface area contributed by atoms with E-state index in [0.29, 0.717) is 17.2 Å². The van der Waals surface area contributed by atoms with Crippen LogP contribution < -0.4 is 4.90 Å². The lowest BCUT2D eigenvalue weighted by atomic mass is 9.88. The lowest BCUT2D eigenvalue weighted by molar-refractivity contribution is -0.118. The number of carbonyl (C=O) groups is 2. The van der Waals surface area contributed by atoms with E-state index in [4.69, 9.17) is 0 Å². The molecule has 2 aromatic rings. The lowest BCUT2D eigenvalue weighted by Gasteiger charge is -2.31. The van der Waals surface area contributed by atoms with Crippen molar-refractivity contribution in [2.24, 2.45) is 10.9 Å². The topological polar surface area (TPSA) is 49.7 Å². The quantitative estimate of drug-likeness (QED) is 0.598. The smallest absolute Gasteiger partial charge is 0.265 e. The van der Waals surface area contributed by atoms with Gasteiger partial charge in [-0.25, -0.2) is 4.90 Å². The van der Waals surface area contributed by atoms with E-state index < -0.39 is 5.92 Å². The van der Waals surface area contributed by atoms with Gasteiger partial charge in [-0.15, -0.1) is 0 Å². The molecule has 2 aliphatic rings. The number of nitrogens with zero attached hydrogens (tertiary/aromatic N) is 2. The first-order chi connectivity index (χ1) is 13.0. The molecule has 1 aliphatic heterocycles. The number of carbonyl (C=O) groups excluding carboxylic acids is 2. The second-order valence-corrected chi connectivity index (χ2v) is 7.69. The van der Waals surface area contributed by atoms with Crippen LogP contribution in [0.3, 0.4) is 0 Å². The summed E-state index contributed by atoms with van der Waals surface area (Å²) in [7, 11) is 0. The van der Waals surface area contributed by atoms with Crippen LogP contribution in [-0.2, 0) is 4.79 Å². The molecule has 0 bridgehead atoms. The summed E-state index contributed by atoms with van der Waals surface area (Å²) in [6, 6.07) is 13.3. The largest absolute Gasteiger partial charge is 0.293 e. The van der Waals surface area contributed by atoms with Crippen molar-refractivity contribution in [2.75, 3.05) is 4.90 Å². The molecule has 1 fully saturated rings. The fraction of sp³-hybridized carbons (Fsp3) is 0.348. The van der Waals surface area contributed by atoms with E-state index in [9.17, 15) is 9.59 Å². The Balaban J connectivity index is 1.76. The second-order valence-electron chi connectivity index (χ2n) is 7.69. The Bertz CT molecular complexity index is 943. The van der Waals surface area contributed by atoms with Crippen molar-refractivity contribution < 1.29 is 9.59 Å². The zero-order chi connectivity index (χ0) is 19.1. The summed E-state index contributed by atoms with van der Waals surface area (Å²) in [6.07, 6.45) is 4.17. The number of rotatable bonds is 4. The monoisotopic (exact) mass is 360 g/mol. The van der Waals surface area contributed by atoms with Crippen LogP contribution in [0.5, 0.6) is 0 Å². The van der Waals surface area contributed by atoms with Gasteiger partial charge in [0.2, 0.25) is 5.91 Å². The molecule has 0 spiro atoms. The minimum Gasteiger partial charge on any atom is -0.293 e. The van der Waals surface area contributed by atoms with E-state index in [1.807, 2.05) is 50.2 Å².